The lowest BCUT2D eigenvalue weighted by Crippen LogP contribution is -2.14. The van der Waals surface area contributed by atoms with E-state index in [1.165, 1.54) is 4.88 Å². The Labute approximate surface area is 116 Å². The van der Waals surface area contributed by atoms with Crippen LogP contribution in [0.1, 0.15) is 35.3 Å². The SMILES string of the molecule is CC(C)n1cc(N)cc1C(=O)OCCc1cccs1. The van der Waals surface area contributed by atoms with Gasteiger partial charge in [-0.15, -0.1) is 11.3 Å². The van der Waals surface area contributed by atoms with Crippen LogP contribution in [0.4, 0.5) is 5.69 Å². The molecule has 0 spiro atoms. The van der Waals surface area contributed by atoms with E-state index in [4.69, 9.17) is 10.5 Å². The predicted octanol–water partition coefficient (Wildman–Crippen LogP) is 3.11. The molecule has 0 saturated heterocycles. The number of nitrogen functional groups attached to an aromatic ring is 1. The second-order valence-corrected chi connectivity index (χ2v) is 5.66. The highest BCUT2D eigenvalue weighted by molar-refractivity contribution is 7.09. The van der Waals surface area contributed by atoms with Gasteiger partial charge in [0.05, 0.1) is 12.3 Å². The second-order valence-electron chi connectivity index (χ2n) is 4.62. The second kappa shape index (κ2) is 5.93. The lowest BCUT2D eigenvalue weighted by Gasteiger charge is -2.11. The summed E-state index contributed by atoms with van der Waals surface area (Å²) in [4.78, 5) is 13.2. The maximum Gasteiger partial charge on any atom is 0.355 e. The van der Waals surface area contributed by atoms with Gasteiger partial charge in [-0.25, -0.2) is 4.79 Å². The fourth-order valence-corrected chi connectivity index (χ4v) is 2.55. The summed E-state index contributed by atoms with van der Waals surface area (Å²) in [6, 6.07) is 5.87. The van der Waals surface area contributed by atoms with E-state index in [2.05, 4.69) is 0 Å². The highest BCUT2D eigenvalue weighted by atomic mass is 32.1. The van der Waals surface area contributed by atoms with Crippen molar-refractivity contribution in [3.63, 3.8) is 0 Å². The Kier molecular flexibility index (Phi) is 4.27. The fraction of sp³-hybridized carbons (Fsp3) is 0.357. The van der Waals surface area contributed by atoms with E-state index in [-0.39, 0.29) is 12.0 Å². The van der Waals surface area contributed by atoms with Crippen LogP contribution in [0.15, 0.2) is 29.8 Å². The lowest BCUT2D eigenvalue weighted by molar-refractivity contribution is 0.0495. The summed E-state index contributed by atoms with van der Waals surface area (Å²) < 4.78 is 7.13. The number of carbonyl (C=O) groups excluding carboxylic acids is 1. The number of aromatic nitrogens is 1. The summed E-state index contributed by atoms with van der Waals surface area (Å²) in [7, 11) is 0. The van der Waals surface area contributed by atoms with Crippen LogP contribution in [0, 0.1) is 0 Å². The quantitative estimate of drug-likeness (QED) is 0.855. The summed E-state index contributed by atoms with van der Waals surface area (Å²) in [5.41, 5.74) is 6.83. The molecule has 0 radical (unpaired) electrons. The van der Waals surface area contributed by atoms with Gasteiger partial charge in [-0.2, -0.15) is 0 Å². The lowest BCUT2D eigenvalue weighted by atomic mass is 10.3. The smallest absolute Gasteiger partial charge is 0.355 e. The molecule has 0 bridgehead atoms. The number of ether oxygens (including phenoxy) is 1. The summed E-state index contributed by atoms with van der Waals surface area (Å²) in [6.07, 6.45) is 2.52. The molecule has 2 heterocycles. The third kappa shape index (κ3) is 3.38. The number of thiophene rings is 1. The summed E-state index contributed by atoms with van der Waals surface area (Å²) in [6.45, 7) is 4.40. The monoisotopic (exact) mass is 278 g/mol. The van der Waals surface area contributed by atoms with E-state index in [0.29, 0.717) is 18.0 Å². The Morgan fingerprint density at radius 1 is 1.53 bits per heavy atom. The largest absolute Gasteiger partial charge is 0.461 e. The number of nitrogens with two attached hydrogens (primary N) is 1. The van der Waals surface area contributed by atoms with Crippen LogP contribution >= 0.6 is 11.3 Å². The number of esters is 1. The van der Waals surface area contributed by atoms with Gasteiger partial charge in [0.1, 0.15) is 5.69 Å². The zero-order valence-electron chi connectivity index (χ0n) is 11.1. The van der Waals surface area contributed by atoms with Gasteiger partial charge in [-0.3, -0.25) is 0 Å². The van der Waals surface area contributed by atoms with Crippen molar-refractivity contribution in [2.75, 3.05) is 12.3 Å². The van der Waals surface area contributed by atoms with E-state index in [0.717, 1.165) is 6.42 Å². The molecule has 2 aromatic heterocycles. The third-order valence-electron chi connectivity index (χ3n) is 2.80. The first-order valence-corrected chi connectivity index (χ1v) is 7.12. The highest BCUT2D eigenvalue weighted by Crippen LogP contribution is 2.17. The first-order chi connectivity index (χ1) is 9.08. The van der Waals surface area contributed by atoms with Gasteiger partial charge in [0, 0.05) is 23.5 Å². The molecule has 0 unspecified atom stereocenters. The van der Waals surface area contributed by atoms with Gasteiger partial charge in [0.25, 0.3) is 0 Å². The molecule has 0 atom stereocenters. The van der Waals surface area contributed by atoms with Crippen LogP contribution in [0.2, 0.25) is 0 Å². The third-order valence-corrected chi connectivity index (χ3v) is 3.73. The average Bonchev–Trinajstić information content (AvgIpc) is 2.98. The molecule has 0 amide bonds. The maximum atomic E-state index is 12.0. The number of hydrogen-bond donors (Lipinski definition) is 1. The standard InChI is InChI=1S/C14H18N2O2S/c1-10(2)16-9-11(15)8-13(16)14(17)18-6-5-12-4-3-7-19-12/h3-4,7-10H,5-6,15H2,1-2H3. The van der Waals surface area contributed by atoms with Crippen LogP contribution in [0.25, 0.3) is 0 Å². The minimum atomic E-state index is -0.318. The Bertz CT molecular complexity index is 544. The minimum Gasteiger partial charge on any atom is -0.461 e. The van der Waals surface area contributed by atoms with E-state index < -0.39 is 0 Å². The highest BCUT2D eigenvalue weighted by Gasteiger charge is 2.16. The summed E-state index contributed by atoms with van der Waals surface area (Å²) >= 11 is 1.67. The van der Waals surface area contributed by atoms with Crippen molar-refractivity contribution in [3.05, 3.63) is 40.3 Å². The van der Waals surface area contributed by atoms with Crippen molar-refractivity contribution in [1.82, 2.24) is 4.57 Å². The van der Waals surface area contributed by atoms with Crippen LogP contribution in [-0.2, 0) is 11.2 Å². The van der Waals surface area contributed by atoms with Crippen molar-refractivity contribution < 1.29 is 9.53 Å². The molecular formula is C14H18N2O2S. The summed E-state index contributed by atoms with van der Waals surface area (Å²) in [5, 5.41) is 2.02. The van der Waals surface area contributed by atoms with Crippen LogP contribution < -0.4 is 5.73 Å². The number of hydrogen-bond acceptors (Lipinski definition) is 4. The molecule has 0 aliphatic heterocycles. The molecule has 5 heteroatoms. The molecule has 4 nitrogen and oxygen atoms in total. The number of rotatable bonds is 5. The summed E-state index contributed by atoms with van der Waals surface area (Å²) in [5.74, 6) is -0.318. The van der Waals surface area contributed by atoms with E-state index in [1.807, 2.05) is 35.9 Å². The van der Waals surface area contributed by atoms with Gasteiger partial charge in [-0.05, 0) is 31.4 Å². The van der Waals surface area contributed by atoms with Crippen molar-refractivity contribution in [1.29, 1.82) is 0 Å². The number of nitrogens with zero attached hydrogens (tertiary/aromatic N) is 1. The zero-order valence-corrected chi connectivity index (χ0v) is 11.9. The van der Waals surface area contributed by atoms with Gasteiger partial charge in [-0.1, -0.05) is 6.07 Å². The fourth-order valence-electron chi connectivity index (χ4n) is 1.86. The molecule has 0 saturated carbocycles. The molecule has 0 aliphatic rings. The Morgan fingerprint density at radius 2 is 2.32 bits per heavy atom. The van der Waals surface area contributed by atoms with Gasteiger partial charge in [0.2, 0.25) is 0 Å². The van der Waals surface area contributed by atoms with Crippen LogP contribution in [-0.4, -0.2) is 17.1 Å². The topological polar surface area (TPSA) is 57.2 Å². The van der Waals surface area contributed by atoms with Crippen molar-refractivity contribution in [2.24, 2.45) is 0 Å². The normalized spacial score (nSPS) is 10.9. The van der Waals surface area contributed by atoms with Crippen molar-refractivity contribution in [2.45, 2.75) is 26.3 Å². The van der Waals surface area contributed by atoms with Gasteiger partial charge < -0.3 is 15.0 Å². The molecule has 0 aliphatic carbocycles. The number of carbonyl (C=O) groups is 1. The molecule has 0 fully saturated rings. The number of anilines is 1. The maximum absolute atomic E-state index is 12.0. The van der Waals surface area contributed by atoms with E-state index in [9.17, 15) is 4.79 Å². The van der Waals surface area contributed by atoms with Gasteiger partial charge in [0.15, 0.2) is 0 Å². The molecule has 0 aromatic carbocycles. The predicted molar refractivity (Wildman–Crippen MR) is 77.5 cm³/mol. The minimum absolute atomic E-state index is 0.178. The molecule has 2 N–H and O–H groups in total. The van der Waals surface area contributed by atoms with Gasteiger partial charge >= 0.3 is 5.97 Å². The molecule has 102 valence electrons. The van der Waals surface area contributed by atoms with Crippen molar-refractivity contribution in [3.8, 4) is 0 Å². The van der Waals surface area contributed by atoms with Crippen LogP contribution in [0.3, 0.4) is 0 Å². The molecular weight excluding hydrogens is 260 g/mol. The average molecular weight is 278 g/mol. The first kappa shape index (κ1) is 13.7. The first-order valence-electron chi connectivity index (χ1n) is 6.25. The Balaban J connectivity index is 1.96. The van der Waals surface area contributed by atoms with E-state index >= 15 is 0 Å². The molecule has 19 heavy (non-hydrogen) atoms. The van der Waals surface area contributed by atoms with Crippen molar-refractivity contribution >= 4 is 23.0 Å². The zero-order chi connectivity index (χ0) is 13.8. The van der Waals surface area contributed by atoms with E-state index in [1.54, 1.807) is 23.6 Å². The molecule has 2 rings (SSSR count). The Hall–Kier alpha value is -1.75. The van der Waals surface area contributed by atoms with Crippen LogP contribution in [0.5, 0.6) is 0 Å². The molecule has 2 aromatic rings. The Morgan fingerprint density at radius 3 is 2.95 bits per heavy atom.